The molecule has 0 amide bonds. The van der Waals surface area contributed by atoms with E-state index in [0.717, 1.165) is 0 Å². The molecule has 0 bridgehead atoms. The van der Waals surface area contributed by atoms with Gasteiger partial charge in [-0.3, -0.25) is 4.68 Å². The molecule has 20 heavy (non-hydrogen) atoms. The van der Waals surface area contributed by atoms with E-state index < -0.39 is 31.5 Å². The molecule has 0 saturated carbocycles. The minimum atomic E-state index is -4.24. The van der Waals surface area contributed by atoms with E-state index in [9.17, 15) is 22.4 Å². The Morgan fingerprint density at radius 3 is 2.70 bits per heavy atom. The zero-order chi connectivity index (χ0) is 15.3. The van der Waals surface area contributed by atoms with Crippen molar-refractivity contribution < 1.29 is 31.8 Å². The molecule has 0 aliphatic carbocycles. The monoisotopic (exact) mass is 298 g/mol. The van der Waals surface area contributed by atoms with Gasteiger partial charge in [0.1, 0.15) is 17.9 Å². The van der Waals surface area contributed by atoms with E-state index in [1.807, 2.05) is 0 Å². The molecule has 0 unspecified atom stereocenters. The number of carbonyl (C=O) groups is 1. The maximum atomic E-state index is 12.6. The maximum absolute atomic E-state index is 12.6. The van der Waals surface area contributed by atoms with Crippen molar-refractivity contribution in [1.29, 1.82) is 0 Å². The lowest BCUT2D eigenvalue weighted by atomic mass is 10.2. The van der Waals surface area contributed by atoms with E-state index >= 15 is 0 Å². The first-order valence-electron chi connectivity index (χ1n) is 5.71. The summed E-state index contributed by atoms with van der Waals surface area (Å²) >= 11 is 0. The fraction of sp³-hybridized carbons (Fsp3) is 0.636. The topological polar surface area (TPSA) is 53.4 Å². The summed E-state index contributed by atoms with van der Waals surface area (Å²) in [5, 5.41) is 3.84. The van der Waals surface area contributed by atoms with Crippen LogP contribution in [0.2, 0.25) is 0 Å². The number of hydrogen-bond donors (Lipinski definition) is 0. The van der Waals surface area contributed by atoms with E-state index in [4.69, 9.17) is 4.74 Å². The molecule has 0 saturated heterocycles. The molecular weight excluding hydrogens is 284 g/mol. The van der Waals surface area contributed by atoms with E-state index in [0.29, 0.717) is 0 Å². The van der Waals surface area contributed by atoms with Crippen molar-refractivity contribution in [3.63, 3.8) is 0 Å². The largest absolute Gasteiger partial charge is 0.462 e. The van der Waals surface area contributed by atoms with Crippen molar-refractivity contribution in [3.8, 4) is 0 Å². The number of esters is 1. The van der Waals surface area contributed by atoms with Crippen molar-refractivity contribution >= 4 is 5.97 Å². The number of hydrogen-bond acceptors (Lipinski definition) is 4. The molecule has 5 nitrogen and oxygen atoms in total. The van der Waals surface area contributed by atoms with Crippen molar-refractivity contribution in [3.05, 3.63) is 17.5 Å². The number of aromatic nitrogens is 2. The minimum Gasteiger partial charge on any atom is -0.462 e. The van der Waals surface area contributed by atoms with Gasteiger partial charge in [-0.15, -0.1) is 0 Å². The summed E-state index contributed by atoms with van der Waals surface area (Å²) in [7, 11) is 1.51. The van der Waals surface area contributed by atoms with Crippen LogP contribution in [0, 0.1) is 0 Å². The summed E-state index contributed by atoms with van der Waals surface area (Å²) in [6.45, 7) is -0.202. The molecule has 0 fully saturated rings. The van der Waals surface area contributed by atoms with Crippen molar-refractivity contribution in [2.24, 2.45) is 7.05 Å². The van der Waals surface area contributed by atoms with Crippen LogP contribution >= 0.6 is 0 Å². The Morgan fingerprint density at radius 2 is 2.15 bits per heavy atom. The summed E-state index contributed by atoms with van der Waals surface area (Å²) in [6.07, 6.45) is -2.47. The van der Waals surface area contributed by atoms with Crippen molar-refractivity contribution in [2.75, 3.05) is 13.2 Å². The quantitative estimate of drug-likeness (QED) is 0.571. The SMILES string of the molecule is CCOC(=O)c1cn(C)nc1COCC(F)(F)C(F)F. The van der Waals surface area contributed by atoms with Crippen LogP contribution in [0.4, 0.5) is 17.6 Å². The fourth-order valence-corrected chi connectivity index (χ4v) is 1.37. The highest BCUT2D eigenvalue weighted by molar-refractivity contribution is 5.90. The average molecular weight is 298 g/mol. The Labute approximate surface area is 112 Å². The minimum absolute atomic E-state index is 0.0507. The van der Waals surface area contributed by atoms with Crippen LogP contribution in [0.25, 0.3) is 0 Å². The van der Waals surface area contributed by atoms with Crippen LogP contribution in [-0.2, 0) is 23.1 Å². The molecule has 1 aromatic rings. The zero-order valence-corrected chi connectivity index (χ0v) is 10.9. The van der Waals surface area contributed by atoms with E-state index in [1.165, 1.54) is 17.9 Å². The summed E-state index contributed by atoms with van der Waals surface area (Å²) < 4.78 is 59.7. The third kappa shape index (κ3) is 4.19. The number of carbonyl (C=O) groups excluding carboxylic acids is 1. The first-order valence-corrected chi connectivity index (χ1v) is 5.71. The highest BCUT2D eigenvalue weighted by atomic mass is 19.3. The maximum Gasteiger partial charge on any atom is 0.341 e. The highest BCUT2D eigenvalue weighted by Crippen LogP contribution is 2.23. The second-order valence-corrected chi connectivity index (χ2v) is 3.94. The summed E-state index contributed by atoms with van der Waals surface area (Å²) in [5.74, 6) is -4.92. The lowest BCUT2D eigenvalue weighted by Crippen LogP contribution is -2.32. The highest BCUT2D eigenvalue weighted by Gasteiger charge is 2.41. The Morgan fingerprint density at radius 1 is 1.50 bits per heavy atom. The van der Waals surface area contributed by atoms with Gasteiger partial charge in [0.15, 0.2) is 0 Å². The van der Waals surface area contributed by atoms with Gasteiger partial charge < -0.3 is 9.47 Å². The molecule has 114 valence electrons. The fourth-order valence-electron chi connectivity index (χ4n) is 1.37. The number of ether oxygens (including phenoxy) is 2. The lowest BCUT2D eigenvalue weighted by molar-refractivity contribution is -0.168. The normalized spacial score (nSPS) is 11.9. The number of nitrogens with zero attached hydrogens (tertiary/aromatic N) is 2. The number of aryl methyl sites for hydroxylation is 1. The van der Waals surface area contributed by atoms with Crippen LogP contribution in [0.15, 0.2) is 6.20 Å². The van der Waals surface area contributed by atoms with Crippen molar-refractivity contribution in [1.82, 2.24) is 9.78 Å². The van der Waals surface area contributed by atoms with E-state index in [1.54, 1.807) is 6.92 Å². The summed E-state index contributed by atoms with van der Waals surface area (Å²) in [6, 6.07) is 0. The van der Waals surface area contributed by atoms with E-state index in [-0.39, 0.29) is 17.9 Å². The standard InChI is InChI=1S/C11H14F4N2O3/c1-3-20-9(18)7-4-17(2)16-8(7)5-19-6-11(14,15)10(12)13/h4,10H,3,5-6H2,1-2H3. The molecule has 0 aromatic carbocycles. The second kappa shape index (κ2) is 6.69. The molecule has 9 heteroatoms. The van der Waals surface area contributed by atoms with Crippen LogP contribution in [-0.4, -0.2) is 41.3 Å². The zero-order valence-electron chi connectivity index (χ0n) is 10.9. The molecule has 0 spiro atoms. The first kappa shape index (κ1) is 16.4. The van der Waals surface area contributed by atoms with Gasteiger partial charge in [0.2, 0.25) is 0 Å². The van der Waals surface area contributed by atoms with Gasteiger partial charge in [0, 0.05) is 13.2 Å². The predicted octanol–water partition coefficient (Wildman–Crippen LogP) is 2.01. The van der Waals surface area contributed by atoms with Crippen LogP contribution in [0.1, 0.15) is 23.0 Å². The number of halogens is 4. The Hall–Kier alpha value is -1.64. The summed E-state index contributed by atoms with van der Waals surface area (Å²) in [5.41, 5.74) is 0.103. The van der Waals surface area contributed by atoms with Crippen molar-refractivity contribution in [2.45, 2.75) is 25.9 Å². The smallest absolute Gasteiger partial charge is 0.341 e. The van der Waals surface area contributed by atoms with Gasteiger partial charge in [-0.25, -0.2) is 13.6 Å². The predicted molar refractivity (Wildman–Crippen MR) is 59.8 cm³/mol. The molecular formula is C11H14F4N2O3. The van der Waals surface area contributed by atoms with Gasteiger partial charge in [-0.05, 0) is 6.92 Å². The van der Waals surface area contributed by atoms with Crippen LogP contribution < -0.4 is 0 Å². The third-order valence-electron chi connectivity index (χ3n) is 2.25. The molecule has 1 rings (SSSR count). The Bertz CT molecular complexity index is 463. The average Bonchev–Trinajstić information content (AvgIpc) is 2.70. The second-order valence-electron chi connectivity index (χ2n) is 3.94. The van der Waals surface area contributed by atoms with Gasteiger partial charge >= 0.3 is 18.3 Å². The third-order valence-corrected chi connectivity index (χ3v) is 2.25. The molecule has 0 aliphatic rings. The number of alkyl halides is 4. The number of rotatable bonds is 7. The molecule has 0 aliphatic heterocycles. The molecule has 0 radical (unpaired) electrons. The first-order chi connectivity index (χ1) is 9.27. The Kier molecular flexibility index (Phi) is 5.49. The lowest BCUT2D eigenvalue weighted by Gasteiger charge is -2.14. The van der Waals surface area contributed by atoms with Gasteiger partial charge in [-0.1, -0.05) is 0 Å². The van der Waals surface area contributed by atoms with Gasteiger partial charge in [0.25, 0.3) is 0 Å². The molecule has 0 N–H and O–H groups in total. The van der Waals surface area contributed by atoms with Gasteiger partial charge in [-0.2, -0.15) is 13.9 Å². The van der Waals surface area contributed by atoms with Crippen LogP contribution in [0.3, 0.4) is 0 Å². The Balaban J connectivity index is 2.67. The van der Waals surface area contributed by atoms with Gasteiger partial charge in [0.05, 0.1) is 13.2 Å². The van der Waals surface area contributed by atoms with E-state index in [2.05, 4.69) is 9.84 Å². The summed E-state index contributed by atoms with van der Waals surface area (Å²) in [4.78, 5) is 11.5. The molecule has 1 aromatic heterocycles. The molecule has 0 atom stereocenters. The molecule has 1 heterocycles. The van der Waals surface area contributed by atoms with Crippen LogP contribution in [0.5, 0.6) is 0 Å².